The molecule has 78 valence electrons. The minimum Gasteiger partial charge on any atom is -0.494 e. The first-order valence-corrected chi connectivity index (χ1v) is 4.87. The smallest absolute Gasteiger partial charge is 0.191 e. The molecule has 1 aromatic carbocycles. The molecule has 0 bridgehead atoms. The summed E-state index contributed by atoms with van der Waals surface area (Å²) in [6, 6.07) is 3.11. The lowest BCUT2D eigenvalue weighted by molar-refractivity contribution is 0.388. The predicted octanol–water partition coefficient (Wildman–Crippen LogP) is 3.69. The SMILES string of the molecule is COc1ccc2c(Cl)c(Cl)cnc2c1F. The van der Waals surface area contributed by atoms with E-state index >= 15 is 0 Å². The summed E-state index contributed by atoms with van der Waals surface area (Å²) in [6.07, 6.45) is 1.31. The molecule has 0 atom stereocenters. The third kappa shape index (κ3) is 1.62. The summed E-state index contributed by atoms with van der Waals surface area (Å²) in [5.41, 5.74) is 0.156. The van der Waals surface area contributed by atoms with Crippen molar-refractivity contribution in [2.75, 3.05) is 7.11 Å². The molecule has 2 nitrogen and oxygen atoms in total. The highest BCUT2D eigenvalue weighted by Crippen LogP contribution is 2.33. The molecule has 1 aromatic heterocycles. The number of nitrogens with zero attached hydrogens (tertiary/aromatic N) is 1. The first-order chi connectivity index (χ1) is 7.15. The van der Waals surface area contributed by atoms with Crippen LogP contribution in [0.3, 0.4) is 0 Å². The molecule has 0 amide bonds. The van der Waals surface area contributed by atoms with Gasteiger partial charge in [0.15, 0.2) is 11.6 Å². The Morgan fingerprint density at radius 1 is 1.33 bits per heavy atom. The molecule has 0 aliphatic rings. The van der Waals surface area contributed by atoms with Crippen LogP contribution in [0.2, 0.25) is 10.0 Å². The molecule has 0 saturated carbocycles. The third-order valence-electron chi connectivity index (χ3n) is 2.05. The fourth-order valence-electron chi connectivity index (χ4n) is 1.31. The van der Waals surface area contributed by atoms with E-state index in [-0.39, 0.29) is 11.3 Å². The minimum atomic E-state index is -0.534. The molecule has 5 heteroatoms. The van der Waals surface area contributed by atoms with Crippen molar-refractivity contribution < 1.29 is 9.13 Å². The molecule has 0 fully saturated rings. The Morgan fingerprint density at radius 2 is 2.07 bits per heavy atom. The van der Waals surface area contributed by atoms with Crippen LogP contribution in [0.1, 0.15) is 0 Å². The number of aromatic nitrogens is 1. The topological polar surface area (TPSA) is 22.1 Å². The zero-order valence-electron chi connectivity index (χ0n) is 7.72. The van der Waals surface area contributed by atoms with Crippen LogP contribution in [0.15, 0.2) is 18.3 Å². The van der Waals surface area contributed by atoms with Crippen molar-refractivity contribution in [3.8, 4) is 5.75 Å². The molecule has 0 spiro atoms. The monoisotopic (exact) mass is 245 g/mol. The van der Waals surface area contributed by atoms with Crippen molar-refractivity contribution in [3.05, 3.63) is 34.2 Å². The standard InChI is InChI=1S/C10H6Cl2FNO/c1-15-7-3-2-5-8(12)6(11)4-14-10(5)9(7)13/h2-4H,1H3. The number of methoxy groups -OCH3 is 1. The number of hydrogen-bond acceptors (Lipinski definition) is 2. The maximum atomic E-state index is 13.7. The Balaban J connectivity index is 2.85. The average Bonchev–Trinajstić information content (AvgIpc) is 2.24. The highest BCUT2D eigenvalue weighted by Gasteiger charge is 2.12. The summed E-state index contributed by atoms with van der Waals surface area (Å²) in [4.78, 5) is 3.88. The van der Waals surface area contributed by atoms with E-state index in [1.165, 1.54) is 19.4 Å². The lowest BCUT2D eigenvalue weighted by atomic mass is 10.2. The highest BCUT2D eigenvalue weighted by atomic mass is 35.5. The normalized spacial score (nSPS) is 10.7. The molecule has 0 saturated heterocycles. The summed E-state index contributed by atoms with van der Waals surface area (Å²) >= 11 is 11.7. The molecular weight excluding hydrogens is 240 g/mol. The van der Waals surface area contributed by atoms with E-state index in [4.69, 9.17) is 27.9 Å². The van der Waals surface area contributed by atoms with Crippen LogP contribution in [0.25, 0.3) is 10.9 Å². The van der Waals surface area contributed by atoms with E-state index in [1.807, 2.05) is 0 Å². The summed E-state index contributed by atoms with van der Waals surface area (Å²) in [7, 11) is 1.39. The number of rotatable bonds is 1. The second-order valence-corrected chi connectivity index (χ2v) is 3.68. The molecule has 0 N–H and O–H groups in total. The summed E-state index contributed by atoms with van der Waals surface area (Å²) < 4.78 is 18.5. The summed E-state index contributed by atoms with van der Waals surface area (Å²) in [5.74, 6) is -0.401. The maximum absolute atomic E-state index is 13.7. The quantitative estimate of drug-likeness (QED) is 0.765. The predicted molar refractivity (Wildman–Crippen MR) is 58.3 cm³/mol. The van der Waals surface area contributed by atoms with Gasteiger partial charge in [-0.05, 0) is 12.1 Å². The number of halogens is 3. The van der Waals surface area contributed by atoms with Crippen molar-refractivity contribution in [3.63, 3.8) is 0 Å². The Kier molecular flexibility index (Phi) is 2.67. The van der Waals surface area contributed by atoms with Crippen LogP contribution in [0.5, 0.6) is 5.75 Å². The van der Waals surface area contributed by atoms with Crippen LogP contribution < -0.4 is 4.74 Å². The maximum Gasteiger partial charge on any atom is 0.191 e. The third-order valence-corrected chi connectivity index (χ3v) is 2.84. The molecule has 0 unspecified atom stereocenters. The van der Waals surface area contributed by atoms with Crippen LogP contribution >= 0.6 is 23.2 Å². The molecule has 1 heterocycles. The van der Waals surface area contributed by atoms with E-state index in [9.17, 15) is 4.39 Å². The van der Waals surface area contributed by atoms with Gasteiger partial charge in [0.25, 0.3) is 0 Å². The van der Waals surface area contributed by atoms with Crippen molar-refractivity contribution in [2.24, 2.45) is 0 Å². The van der Waals surface area contributed by atoms with Gasteiger partial charge in [-0.1, -0.05) is 23.2 Å². The van der Waals surface area contributed by atoms with E-state index in [1.54, 1.807) is 6.07 Å². The van der Waals surface area contributed by atoms with E-state index in [0.717, 1.165) is 0 Å². The first-order valence-electron chi connectivity index (χ1n) is 4.11. The highest BCUT2D eigenvalue weighted by molar-refractivity contribution is 6.45. The number of hydrogen-bond donors (Lipinski definition) is 0. The van der Waals surface area contributed by atoms with Crippen LogP contribution in [-0.2, 0) is 0 Å². The molecule has 0 aliphatic carbocycles. The second kappa shape index (κ2) is 3.83. The number of benzene rings is 1. The fourth-order valence-corrected chi connectivity index (χ4v) is 1.67. The van der Waals surface area contributed by atoms with Gasteiger partial charge in [0.2, 0.25) is 0 Å². The van der Waals surface area contributed by atoms with Crippen molar-refractivity contribution in [2.45, 2.75) is 0 Å². The van der Waals surface area contributed by atoms with Crippen molar-refractivity contribution in [1.82, 2.24) is 4.98 Å². The van der Waals surface area contributed by atoms with Gasteiger partial charge in [-0.15, -0.1) is 0 Å². The van der Waals surface area contributed by atoms with E-state index in [2.05, 4.69) is 4.98 Å². The number of pyridine rings is 1. The average molecular weight is 246 g/mol. The Labute approximate surface area is 95.6 Å². The molecule has 2 aromatic rings. The minimum absolute atomic E-state index is 0.133. The summed E-state index contributed by atoms with van der Waals surface area (Å²) in [5, 5.41) is 1.07. The number of fused-ring (bicyclic) bond motifs is 1. The van der Waals surface area contributed by atoms with Gasteiger partial charge in [0.1, 0.15) is 5.52 Å². The van der Waals surface area contributed by atoms with Crippen LogP contribution in [0, 0.1) is 5.82 Å². The van der Waals surface area contributed by atoms with Crippen molar-refractivity contribution >= 4 is 34.1 Å². The molecule has 15 heavy (non-hydrogen) atoms. The van der Waals surface area contributed by atoms with Gasteiger partial charge < -0.3 is 4.74 Å². The molecule has 0 radical (unpaired) electrons. The zero-order chi connectivity index (χ0) is 11.0. The lowest BCUT2D eigenvalue weighted by Gasteiger charge is -2.06. The second-order valence-electron chi connectivity index (χ2n) is 2.90. The first kappa shape index (κ1) is 10.5. The van der Waals surface area contributed by atoms with E-state index in [0.29, 0.717) is 15.4 Å². The van der Waals surface area contributed by atoms with Gasteiger partial charge >= 0.3 is 0 Å². The van der Waals surface area contributed by atoms with Crippen molar-refractivity contribution in [1.29, 1.82) is 0 Å². The molecule has 2 rings (SSSR count). The van der Waals surface area contributed by atoms with E-state index < -0.39 is 5.82 Å². The number of ether oxygens (including phenoxy) is 1. The van der Waals surface area contributed by atoms with Gasteiger partial charge in [0.05, 0.1) is 17.2 Å². The molecular formula is C10H6Cl2FNO. The Bertz CT molecular complexity index is 530. The van der Waals surface area contributed by atoms with Gasteiger partial charge in [-0.25, -0.2) is 4.39 Å². The van der Waals surface area contributed by atoms with Crippen LogP contribution in [0.4, 0.5) is 4.39 Å². The Morgan fingerprint density at radius 3 is 2.73 bits per heavy atom. The van der Waals surface area contributed by atoms with Gasteiger partial charge in [-0.2, -0.15) is 0 Å². The Hall–Kier alpha value is -1.06. The lowest BCUT2D eigenvalue weighted by Crippen LogP contribution is -1.91. The summed E-state index contributed by atoms with van der Waals surface area (Å²) in [6.45, 7) is 0. The van der Waals surface area contributed by atoms with Gasteiger partial charge in [0, 0.05) is 11.6 Å². The van der Waals surface area contributed by atoms with Crippen LogP contribution in [-0.4, -0.2) is 12.1 Å². The largest absolute Gasteiger partial charge is 0.494 e. The fraction of sp³-hybridized carbons (Fsp3) is 0.100. The van der Waals surface area contributed by atoms with Gasteiger partial charge in [-0.3, -0.25) is 4.98 Å². The molecule has 0 aliphatic heterocycles. The zero-order valence-corrected chi connectivity index (χ0v) is 9.23.